The number of nitrogens with zero attached hydrogens (tertiary/aromatic N) is 3. The normalized spacial score (nSPS) is 21.9. The summed E-state index contributed by atoms with van der Waals surface area (Å²) in [5, 5.41) is 9.72. The summed E-state index contributed by atoms with van der Waals surface area (Å²) in [5.41, 5.74) is -0.0244. The van der Waals surface area contributed by atoms with Gasteiger partial charge in [0, 0.05) is 31.2 Å². The maximum atomic E-state index is 13.2. The lowest BCUT2D eigenvalue weighted by molar-refractivity contribution is -0.157. The Labute approximate surface area is 108 Å². The van der Waals surface area contributed by atoms with Crippen LogP contribution < -0.4 is 0 Å². The molecule has 2 unspecified atom stereocenters. The molecule has 0 aromatic carbocycles. The van der Waals surface area contributed by atoms with Crippen molar-refractivity contribution < 1.29 is 18.3 Å². The number of aliphatic hydroxyl groups is 1. The van der Waals surface area contributed by atoms with Gasteiger partial charge in [-0.2, -0.15) is 13.2 Å². The molecule has 0 fully saturated rings. The molecule has 2 heterocycles. The fourth-order valence-electron chi connectivity index (χ4n) is 1.99. The van der Waals surface area contributed by atoms with Crippen LogP contribution in [-0.4, -0.2) is 38.8 Å². The number of hydrogen-bond acceptors (Lipinski definition) is 3. The number of halogens is 3. The van der Waals surface area contributed by atoms with Crippen molar-refractivity contribution in [1.82, 2.24) is 14.5 Å². The third-order valence-electron chi connectivity index (χ3n) is 3.15. The van der Waals surface area contributed by atoms with E-state index in [4.69, 9.17) is 0 Å². The maximum absolute atomic E-state index is 13.2. The lowest BCUT2D eigenvalue weighted by Crippen LogP contribution is -2.34. The molecule has 4 nitrogen and oxygen atoms in total. The minimum Gasteiger partial charge on any atom is -0.510 e. The average molecular weight is 273 g/mol. The zero-order valence-corrected chi connectivity index (χ0v) is 10.5. The Morgan fingerprint density at radius 2 is 2.11 bits per heavy atom. The van der Waals surface area contributed by atoms with E-state index < -0.39 is 12.2 Å². The van der Waals surface area contributed by atoms with Gasteiger partial charge in [0.05, 0.1) is 12.4 Å². The Balaban J connectivity index is 2.44. The molecule has 0 saturated heterocycles. The number of aromatic nitrogens is 2. The molecule has 1 aliphatic rings. The Morgan fingerprint density at radius 3 is 2.58 bits per heavy atom. The number of alkyl halides is 3. The van der Waals surface area contributed by atoms with Crippen LogP contribution in [0.15, 0.2) is 42.3 Å². The predicted octanol–water partition coefficient (Wildman–Crippen LogP) is 2.65. The number of allylic oxidation sites excluding steroid dienone is 2. The Bertz CT molecular complexity index is 505. The smallest absolute Gasteiger partial charge is 0.413 e. The molecule has 0 aliphatic carbocycles. The maximum Gasteiger partial charge on any atom is 0.413 e. The molecule has 104 valence electrons. The first kappa shape index (κ1) is 13.5. The lowest BCUT2D eigenvalue weighted by Gasteiger charge is -2.31. The highest BCUT2D eigenvalue weighted by Crippen LogP contribution is 2.38. The van der Waals surface area contributed by atoms with E-state index in [9.17, 15) is 18.3 Å². The number of aliphatic hydroxyl groups excluding tert-OH is 1. The molecule has 0 spiro atoms. The number of hydrogen-bond donors (Lipinski definition) is 1. The predicted molar refractivity (Wildman–Crippen MR) is 63.3 cm³/mol. The van der Waals surface area contributed by atoms with Crippen LogP contribution in [0.25, 0.3) is 0 Å². The Morgan fingerprint density at radius 1 is 1.42 bits per heavy atom. The molecule has 1 aliphatic heterocycles. The van der Waals surface area contributed by atoms with Crippen molar-refractivity contribution in [3.05, 3.63) is 42.3 Å². The molecule has 0 bridgehead atoms. The standard InChI is InChI=1S/C12H14F3N3O/c1-8-10(19)5-9(6-17(8)2)11(12(13,14)15)18-4-3-16-7-18/h3-8,11,19H,1-2H3. The van der Waals surface area contributed by atoms with Crippen LogP contribution in [0.5, 0.6) is 0 Å². The van der Waals surface area contributed by atoms with Crippen LogP contribution in [0.4, 0.5) is 13.2 Å². The highest BCUT2D eigenvalue weighted by atomic mass is 19.4. The fraction of sp³-hybridized carbons (Fsp3) is 0.417. The molecule has 0 amide bonds. The zero-order valence-electron chi connectivity index (χ0n) is 10.5. The van der Waals surface area contributed by atoms with Crippen LogP contribution in [0.3, 0.4) is 0 Å². The van der Waals surface area contributed by atoms with Gasteiger partial charge in [0.15, 0.2) is 6.04 Å². The van der Waals surface area contributed by atoms with Crippen LogP contribution in [0, 0.1) is 0 Å². The van der Waals surface area contributed by atoms with E-state index >= 15 is 0 Å². The van der Waals surface area contributed by atoms with E-state index in [1.165, 1.54) is 24.7 Å². The van der Waals surface area contributed by atoms with Gasteiger partial charge in [-0.25, -0.2) is 4.98 Å². The molecule has 2 rings (SSSR count). The fourth-order valence-corrected chi connectivity index (χ4v) is 1.99. The molecular formula is C12H14F3N3O. The molecule has 2 atom stereocenters. The highest BCUT2D eigenvalue weighted by molar-refractivity contribution is 5.32. The monoisotopic (exact) mass is 273 g/mol. The van der Waals surface area contributed by atoms with E-state index in [0.717, 1.165) is 10.9 Å². The van der Waals surface area contributed by atoms with Crippen molar-refractivity contribution in [2.45, 2.75) is 25.2 Å². The first-order valence-corrected chi connectivity index (χ1v) is 5.69. The topological polar surface area (TPSA) is 41.3 Å². The van der Waals surface area contributed by atoms with E-state index in [1.807, 2.05) is 0 Å². The molecule has 19 heavy (non-hydrogen) atoms. The zero-order chi connectivity index (χ0) is 14.2. The summed E-state index contributed by atoms with van der Waals surface area (Å²) in [6.45, 7) is 1.71. The van der Waals surface area contributed by atoms with Gasteiger partial charge in [-0.1, -0.05) is 0 Å². The van der Waals surface area contributed by atoms with Crippen molar-refractivity contribution in [2.75, 3.05) is 7.05 Å². The molecule has 1 N–H and O–H groups in total. The quantitative estimate of drug-likeness (QED) is 0.900. The molecule has 1 aromatic heterocycles. The van der Waals surface area contributed by atoms with E-state index in [1.54, 1.807) is 18.9 Å². The van der Waals surface area contributed by atoms with Crippen molar-refractivity contribution in [3.8, 4) is 0 Å². The third kappa shape index (κ3) is 2.59. The summed E-state index contributed by atoms with van der Waals surface area (Å²) in [5.74, 6) is -0.0886. The first-order chi connectivity index (χ1) is 8.80. The van der Waals surface area contributed by atoms with Gasteiger partial charge in [-0.15, -0.1) is 0 Å². The summed E-state index contributed by atoms with van der Waals surface area (Å²) in [6.07, 6.45) is 1.75. The first-order valence-electron chi connectivity index (χ1n) is 5.69. The van der Waals surface area contributed by atoms with Crippen LogP contribution in [0.1, 0.15) is 13.0 Å². The van der Waals surface area contributed by atoms with Crippen LogP contribution in [0.2, 0.25) is 0 Å². The Hall–Kier alpha value is -1.92. The van der Waals surface area contributed by atoms with Gasteiger partial charge in [0.1, 0.15) is 5.76 Å². The van der Waals surface area contributed by atoms with Crippen LogP contribution in [-0.2, 0) is 0 Å². The van der Waals surface area contributed by atoms with E-state index in [2.05, 4.69) is 4.98 Å². The summed E-state index contributed by atoms with van der Waals surface area (Å²) in [7, 11) is 1.62. The second-order valence-corrected chi connectivity index (χ2v) is 4.49. The number of rotatable bonds is 2. The number of likely N-dealkylation sites (N-methyl/N-ethyl adjacent to an activating group) is 1. The molecule has 0 saturated carbocycles. The molecular weight excluding hydrogens is 259 g/mol. The highest BCUT2D eigenvalue weighted by Gasteiger charge is 2.44. The van der Waals surface area contributed by atoms with Gasteiger partial charge in [0.2, 0.25) is 0 Å². The van der Waals surface area contributed by atoms with Crippen molar-refractivity contribution in [2.24, 2.45) is 0 Å². The second-order valence-electron chi connectivity index (χ2n) is 4.49. The average Bonchev–Trinajstić information content (AvgIpc) is 2.77. The number of imidazole rings is 1. The summed E-state index contributed by atoms with van der Waals surface area (Å²) < 4.78 is 40.6. The Kier molecular flexibility index (Phi) is 3.30. The van der Waals surface area contributed by atoms with Crippen molar-refractivity contribution in [1.29, 1.82) is 0 Å². The second kappa shape index (κ2) is 4.64. The molecule has 1 aromatic rings. The molecule has 0 radical (unpaired) electrons. The summed E-state index contributed by atoms with van der Waals surface area (Å²) in [6, 6.07) is -2.19. The minimum absolute atomic E-state index is 0.0244. The summed E-state index contributed by atoms with van der Waals surface area (Å²) in [4.78, 5) is 5.19. The van der Waals surface area contributed by atoms with Crippen molar-refractivity contribution >= 4 is 0 Å². The SMILES string of the molecule is CC1C(O)=CC(C(n2ccnc2)C(F)(F)F)=CN1C. The van der Waals surface area contributed by atoms with Gasteiger partial charge in [0.25, 0.3) is 0 Å². The largest absolute Gasteiger partial charge is 0.510 e. The summed E-state index contributed by atoms with van der Waals surface area (Å²) >= 11 is 0. The minimum atomic E-state index is -4.47. The van der Waals surface area contributed by atoms with Gasteiger partial charge in [-0.3, -0.25) is 0 Å². The van der Waals surface area contributed by atoms with Crippen LogP contribution >= 0.6 is 0 Å². The van der Waals surface area contributed by atoms with Gasteiger partial charge >= 0.3 is 6.18 Å². The lowest BCUT2D eigenvalue weighted by atomic mass is 10.0. The van der Waals surface area contributed by atoms with Gasteiger partial charge < -0.3 is 14.6 Å². The molecule has 7 heteroatoms. The van der Waals surface area contributed by atoms with Gasteiger partial charge in [-0.05, 0) is 13.0 Å². The third-order valence-corrected chi connectivity index (χ3v) is 3.15. The van der Waals surface area contributed by atoms with E-state index in [-0.39, 0.29) is 17.4 Å². The van der Waals surface area contributed by atoms with E-state index in [0.29, 0.717) is 0 Å². The van der Waals surface area contributed by atoms with Crippen molar-refractivity contribution in [3.63, 3.8) is 0 Å².